The van der Waals surface area contributed by atoms with Crippen LogP contribution in [0, 0.1) is 5.82 Å². The molecule has 1 aliphatic heterocycles. The second-order valence-corrected chi connectivity index (χ2v) is 5.47. The summed E-state index contributed by atoms with van der Waals surface area (Å²) < 4.78 is 13.3. The maximum absolute atomic E-state index is 13.3. The van der Waals surface area contributed by atoms with Gasteiger partial charge in [-0.15, -0.1) is 0 Å². The van der Waals surface area contributed by atoms with Gasteiger partial charge in [0.2, 0.25) is 5.91 Å². The molecule has 0 saturated carbocycles. The minimum atomic E-state index is -0.291. The number of carbonyl (C=O) groups is 1. The van der Waals surface area contributed by atoms with Gasteiger partial charge in [0.15, 0.2) is 0 Å². The van der Waals surface area contributed by atoms with E-state index >= 15 is 0 Å². The Balaban J connectivity index is 2.01. The van der Waals surface area contributed by atoms with Crippen LogP contribution in [-0.4, -0.2) is 5.91 Å². The number of hydrogen-bond donors (Lipinski definition) is 1. The van der Waals surface area contributed by atoms with Gasteiger partial charge in [0.25, 0.3) is 0 Å². The molecule has 1 amide bonds. The van der Waals surface area contributed by atoms with Gasteiger partial charge in [-0.25, -0.2) is 4.39 Å². The van der Waals surface area contributed by atoms with E-state index in [0.717, 1.165) is 11.3 Å². The van der Waals surface area contributed by atoms with Crippen LogP contribution in [0.2, 0.25) is 5.02 Å². The van der Waals surface area contributed by atoms with E-state index < -0.39 is 0 Å². The maximum Gasteiger partial charge on any atom is 0.227 e. The van der Waals surface area contributed by atoms with Crippen molar-refractivity contribution in [1.82, 2.24) is 0 Å². The highest BCUT2D eigenvalue weighted by molar-refractivity contribution is 6.31. The van der Waals surface area contributed by atoms with E-state index in [2.05, 4.69) is 0 Å². The van der Waals surface area contributed by atoms with Crippen LogP contribution < -0.4 is 10.6 Å². The topological polar surface area (TPSA) is 46.3 Å². The highest BCUT2D eigenvalue weighted by Gasteiger charge is 2.25. The number of nitrogen functional groups attached to an aromatic ring is 1. The predicted octanol–water partition coefficient (Wildman–Crippen LogP) is 3.54. The highest BCUT2D eigenvalue weighted by Crippen LogP contribution is 2.32. The van der Waals surface area contributed by atoms with E-state index in [4.69, 9.17) is 17.3 Å². The first-order valence-electron chi connectivity index (χ1n) is 6.68. The Bertz CT molecular complexity index is 697. The highest BCUT2D eigenvalue weighted by atomic mass is 35.5. The number of aryl methyl sites for hydroxylation is 1. The van der Waals surface area contributed by atoms with Crippen molar-refractivity contribution in [3.63, 3.8) is 0 Å². The number of amides is 1. The molecule has 3 nitrogen and oxygen atoms in total. The molecule has 0 saturated heterocycles. The third-order valence-corrected chi connectivity index (χ3v) is 4.07. The Morgan fingerprint density at radius 1 is 1.24 bits per heavy atom. The molecule has 2 aromatic rings. The largest absolute Gasteiger partial charge is 0.398 e. The number of rotatable bonds is 2. The first kappa shape index (κ1) is 13.9. The lowest BCUT2D eigenvalue weighted by atomic mass is 10.00. The van der Waals surface area contributed by atoms with Crippen LogP contribution >= 0.6 is 11.6 Å². The summed E-state index contributed by atoms with van der Waals surface area (Å²) in [4.78, 5) is 13.8. The molecule has 2 aromatic carbocycles. The summed E-state index contributed by atoms with van der Waals surface area (Å²) in [5.74, 6) is -0.297. The van der Waals surface area contributed by atoms with Crippen molar-refractivity contribution in [3.05, 3.63) is 58.4 Å². The predicted molar refractivity (Wildman–Crippen MR) is 81.8 cm³/mol. The molecule has 0 atom stereocenters. The second-order valence-electron chi connectivity index (χ2n) is 5.06. The number of anilines is 2. The summed E-state index contributed by atoms with van der Waals surface area (Å²) in [6.45, 7) is 0.295. The SMILES string of the molecule is Nc1cccc(Cl)c1CN1C(=O)CCc2cc(F)ccc21. The van der Waals surface area contributed by atoms with Crippen LogP contribution in [0.5, 0.6) is 0 Å². The zero-order chi connectivity index (χ0) is 15.0. The van der Waals surface area contributed by atoms with E-state index in [0.29, 0.717) is 35.7 Å². The fourth-order valence-corrected chi connectivity index (χ4v) is 2.84. The van der Waals surface area contributed by atoms with Gasteiger partial charge in [-0.2, -0.15) is 0 Å². The summed E-state index contributed by atoms with van der Waals surface area (Å²) >= 11 is 6.17. The zero-order valence-corrected chi connectivity index (χ0v) is 12.0. The molecule has 0 fully saturated rings. The lowest BCUT2D eigenvalue weighted by molar-refractivity contribution is -0.119. The van der Waals surface area contributed by atoms with Crippen molar-refractivity contribution in [2.24, 2.45) is 0 Å². The minimum absolute atomic E-state index is 0.00609. The lowest BCUT2D eigenvalue weighted by Crippen LogP contribution is -2.34. The number of hydrogen-bond acceptors (Lipinski definition) is 2. The first-order valence-corrected chi connectivity index (χ1v) is 7.05. The number of nitrogens with two attached hydrogens (primary N) is 1. The summed E-state index contributed by atoms with van der Waals surface area (Å²) in [6, 6.07) is 9.73. The molecule has 0 spiro atoms. The van der Waals surface area contributed by atoms with Crippen LogP contribution in [0.25, 0.3) is 0 Å². The average molecular weight is 305 g/mol. The number of nitrogens with zero attached hydrogens (tertiary/aromatic N) is 1. The third kappa shape index (κ3) is 2.59. The van der Waals surface area contributed by atoms with Crippen LogP contribution in [0.4, 0.5) is 15.8 Å². The molecule has 0 aromatic heterocycles. The Labute approximate surface area is 127 Å². The number of fused-ring (bicyclic) bond motifs is 1. The van der Waals surface area contributed by atoms with Crippen LogP contribution in [0.15, 0.2) is 36.4 Å². The minimum Gasteiger partial charge on any atom is -0.398 e. The molecule has 2 N–H and O–H groups in total. The third-order valence-electron chi connectivity index (χ3n) is 3.71. The molecule has 3 rings (SSSR count). The summed E-state index contributed by atoms with van der Waals surface area (Å²) in [7, 11) is 0. The molecular formula is C16H14ClFN2O. The van der Waals surface area contributed by atoms with Gasteiger partial charge >= 0.3 is 0 Å². The van der Waals surface area contributed by atoms with Crippen molar-refractivity contribution >= 4 is 28.9 Å². The maximum atomic E-state index is 13.3. The van der Waals surface area contributed by atoms with Crippen molar-refractivity contribution in [3.8, 4) is 0 Å². The molecule has 1 heterocycles. The number of carbonyl (C=O) groups excluding carboxylic acids is 1. The Hall–Kier alpha value is -2.07. The fraction of sp³-hybridized carbons (Fsp3) is 0.188. The molecule has 21 heavy (non-hydrogen) atoms. The van der Waals surface area contributed by atoms with Gasteiger partial charge in [0, 0.05) is 28.4 Å². The summed E-state index contributed by atoms with van der Waals surface area (Å²) in [6.07, 6.45) is 0.918. The zero-order valence-electron chi connectivity index (χ0n) is 11.3. The quantitative estimate of drug-likeness (QED) is 0.863. The van der Waals surface area contributed by atoms with Crippen molar-refractivity contribution in [1.29, 1.82) is 0 Å². The molecular weight excluding hydrogens is 291 g/mol. The van der Waals surface area contributed by atoms with Crippen LogP contribution in [0.3, 0.4) is 0 Å². The Morgan fingerprint density at radius 3 is 2.81 bits per heavy atom. The van der Waals surface area contributed by atoms with E-state index in [9.17, 15) is 9.18 Å². The first-order chi connectivity index (χ1) is 10.1. The molecule has 108 valence electrons. The van der Waals surface area contributed by atoms with Gasteiger partial charge in [-0.3, -0.25) is 4.79 Å². The smallest absolute Gasteiger partial charge is 0.227 e. The van der Waals surface area contributed by atoms with E-state index in [-0.39, 0.29) is 11.7 Å². The lowest BCUT2D eigenvalue weighted by Gasteiger charge is -2.30. The van der Waals surface area contributed by atoms with E-state index in [1.165, 1.54) is 12.1 Å². The van der Waals surface area contributed by atoms with Gasteiger partial charge in [0.05, 0.1) is 6.54 Å². The van der Waals surface area contributed by atoms with Crippen molar-refractivity contribution in [2.45, 2.75) is 19.4 Å². The molecule has 0 aliphatic carbocycles. The monoisotopic (exact) mass is 304 g/mol. The number of halogens is 2. The fourth-order valence-electron chi connectivity index (χ4n) is 2.60. The van der Waals surface area contributed by atoms with Crippen molar-refractivity contribution < 1.29 is 9.18 Å². The Morgan fingerprint density at radius 2 is 2.05 bits per heavy atom. The average Bonchev–Trinajstić information content (AvgIpc) is 2.45. The van der Waals surface area contributed by atoms with Gasteiger partial charge in [0.1, 0.15) is 5.82 Å². The van der Waals surface area contributed by atoms with Crippen molar-refractivity contribution in [2.75, 3.05) is 10.6 Å². The number of benzene rings is 2. The van der Waals surface area contributed by atoms with Gasteiger partial charge < -0.3 is 10.6 Å². The molecule has 0 bridgehead atoms. The summed E-state index contributed by atoms with van der Waals surface area (Å²) in [5.41, 5.74) is 8.77. The van der Waals surface area contributed by atoms with Gasteiger partial charge in [-0.1, -0.05) is 17.7 Å². The second kappa shape index (κ2) is 5.37. The standard InChI is InChI=1S/C16H14ClFN2O/c17-13-2-1-3-14(19)12(13)9-20-15-6-5-11(18)8-10(15)4-7-16(20)21/h1-3,5-6,8H,4,7,9,19H2. The Kier molecular flexibility index (Phi) is 3.55. The molecule has 0 unspecified atom stereocenters. The van der Waals surface area contributed by atoms with Gasteiger partial charge in [-0.05, 0) is 42.3 Å². The van der Waals surface area contributed by atoms with E-state index in [1.54, 1.807) is 29.2 Å². The molecule has 5 heteroatoms. The van der Waals surface area contributed by atoms with Crippen LogP contribution in [-0.2, 0) is 17.8 Å². The summed E-state index contributed by atoms with van der Waals surface area (Å²) in [5, 5.41) is 0.525. The molecule has 1 aliphatic rings. The van der Waals surface area contributed by atoms with Crippen LogP contribution in [0.1, 0.15) is 17.5 Å². The molecule has 0 radical (unpaired) electrons. The normalized spacial score (nSPS) is 14.2. The van der Waals surface area contributed by atoms with E-state index in [1.807, 2.05) is 0 Å².